The van der Waals surface area contributed by atoms with E-state index in [4.69, 9.17) is 5.11 Å². The number of aromatic amines is 1. The van der Waals surface area contributed by atoms with E-state index in [1.54, 1.807) is 13.1 Å². The van der Waals surface area contributed by atoms with Gasteiger partial charge in [0, 0.05) is 0 Å². The number of carbonyl (C=O) groups is 1. The van der Waals surface area contributed by atoms with Gasteiger partial charge < -0.3 is 15.4 Å². The van der Waals surface area contributed by atoms with Crippen molar-refractivity contribution in [2.75, 3.05) is 0 Å². The van der Waals surface area contributed by atoms with Crippen LogP contribution >= 0.6 is 0 Å². The van der Waals surface area contributed by atoms with Gasteiger partial charge in [0.05, 0.1) is 17.9 Å². The molecule has 1 heterocycles. The zero-order chi connectivity index (χ0) is 12.3. The molecule has 5 heteroatoms. The highest BCUT2D eigenvalue weighted by Gasteiger charge is 2.12. The fraction of sp³-hybridized carbons (Fsp3) is 0.167. The normalized spacial score (nSPS) is 12.1. The smallest absolute Gasteiger partial charge is 0.405 e. The molecule has 1 aromatic heterocycles. The maximum atomic E-state index is 10.5. The summed E-state index contributed by atoms with van der Waals surface area (Å²) in [5.74, 6) is 0.603. The van der Waals surface area contributed by atoms with Crippen molar-refractivity contribution in [3.63, 3.8) is 0 Å². The Morgan fingerprint density at radius 3 is 2.76 bits per heavy atom. The summed E-state index contributed by atoms with van der Waals surface area (Å²) in [7, 11) is 0. The third-order valence-corrected chi connectivity index (χ3v) is 2.43. The van der Waals surface area contributed by atoms with Gasteiger partial charge in [0.1, 0.15) is 5.82 Å². The van der Waals surface area contributed by atoms with Crippen LogP contribution < -0.4 is 5.32 Å². The van der Waals surface area contributed by atoms with E-state index in [0.29, 0.717) is 5.82 Å². The van der Waals surface area contributed by atoms with Gasteiger partial charge in [-0.15, -0.1) is 0 Å². The quantitative estimate of drug-likeness (QED) is 0.759. The summed E-state index contributed by atoms with van der Waals surface area (Å²) in [5, 5.41) is 11.0. The topological polar surface area (TPSA) is 78.0 Å². The Labute approximate surface area is 98.5 Å². The lowest BCUT2D eigenvalue weighted by molar-refractivity contribution is 0.190. The second kappa shape index (κ2) is 4.69. The standard InChI is InChI=1S/C12H13N3O2/c1-8(14-12(16)17)11-13-7-10(15-11)9-5-3-2-4-6-9/h2-8,14H,1H3,(H,13,15)(H,16,17)/t8-/m0/s1. The Kier molecular flexibility index (Phi) is 3.09. The number of benzene rings is 1. The third-order valence-electron chi connectivity index (χ3n) is 2.43. The molecule has 0 fully saturated rings. The van der Waals surface area contributed by atoms with E-state index in [1.165, 1.54) is 0 Å². The predicted molar refractivity (Wildman–Crippen MR) is 63.6 cm³/mol. The number of nitrogens with zero attached hydrogens (tertiary/aromatic N) is 1. The van der Waals surface area contributed by atoms with E-state index in [9.17, 15) is 4.79 Å². The van der Waals surface area contributed by atoms with E-state index < -0.39 is 6.09 Å². The SMILES string of the molecule is C[C@H](NC(=O)O)c1ncc(-c2ccccc2)[nH]1. The van der Waals surface area contributed by atoms with Crippen LogP contribution in [0.1, 0.15) is 18.8 Å². The first-order chi connectivity index (χ1) is 8.16. The predicted octanol–water partition coefficient (Wildman–Crippen LogP) is 2.41. The molecule has 0 saturated carbocycles. The van der Waals surface area contributed by atoms with Gasteiger partial charge in [0.15, 0.2) is 0 Å². The Hall–Kier alpha value is -2.30. The van der Waals surface area contributed by atoms with Crippen molar-refractivity contribution < 1.29 is 9.90 Å². The summed E-state index contributed by atoms with van der Waals surface area (Å²) < 4.78 is 0. The molecule has 0 aliphatic rings. The Bertz CT molecular complexity index is 507. The molecule has 2 aromatic rings. The molecule has 17 heavy (non-hydrogen) atoms. The van der Waals surface area contributed by atoms with Gasteiger partial charge in [-0.05, 0) is 12.5 Å². The number of carboxylic acid groups (broad SMARTS) is 1. The Morgan fingerprint density at radius 1 is 1.41 bits per heavy atom. The van der Waals surface area contributed by atoms with Gasteiger partial charge in [0.25, 0.3) is 0 Å². The lowest BCUT2D eigenvalue weighted by Gasteiger charge is -2.07. The van der Waals surface area contributed by atoms with E-state index in [2.05, 4.69) is 15.3 Å². The molecular weight excluding hydrogens is 218 g/mol. The first-order valence-corrected chi connectivity index (χ1v) is 5.26. The summed E-state index contributed by atoms with van der Waals surface area (Å²) >= 11 is 0. The molecule has 1 atom stereocenters. The lowest BCUT2D eigenvalue weighted by atomic mass is 10.2. The van der Waals surface area contributed by atoms with Crippen molar-refractivity contribution in [1.82, 2.24) is 15.3 Å². The number of imidazole rings is 1. The average Bonchev–Trinajstić information content (AvgIpc) is 2.78. The molecule has 5 nitrogen and oxygen atoms in total. The van der Waals surface area contributed by atoms with Gasteiger partial charge >= 0.3 is 6.09 Å². The summed E-state index contributed by atoms with van der Waals surface area (Å²) in [6.07, 6.45) is 0.639. The Morgan fingerprint density at radius 2 is 2.12 bits per heavy atom. The van der Waals surface area contributed by atoms with Crippen molar-refractivity contribution >= 4 is 6.09 Å². The van der Waals surface area contributed by atoms with Crippen molar-refractivity contribution in [2.24, 2.45) is 0 Å². The minimum Gasteiger partial charge on any atom is -0.465 e. The molecule has 0 unspecified atom stereocenters. The van der Waals surface area contributed by atoms with Crippen LogP contribution in [-0.2, 0) is 0 Å². The van der Waals surface area contributed by atoms with E-state index in [1.807, 2.05) is 30.3 Å². The second-order valence-corrected chi connectivity index (χ2v) is 3.72. The molecule has 1 aromatic carbocycles. The van der Waals surface area contributed by atoms with Crippen LogP contribution in [0.4, 0.5) is 4.79 Å². The number of H-pyrrole nitrogens is 1. The highest BCUT2D eigenvalue weighted by molar-refractivity contribution is 5.65. The molecule has 0 aliphatic heterocycles. The third kappa shape index (κ3) is 2.63. The molecule has 1 amide bonds. The van der Waals surface area contributed by atoms with Crippen molar-refractivity contribution in [1.29, 1.82) is 0 Å². The second-order valence-electron chi connectivity index (χ2n) is 3.72. The van der Waals surface area contributed by atoms with Crippen molar-refractivity contribution in [2.45, 2.75) is 13.0 Å². The molecule has 0 bridgehead atoms. The van der Waals surface area contributed by atoms with Crippen LogP contribution in [0.25, 0.3) is 11.3 Å². The van der Waals surface area contributed by atoms with Crippen molar-refractivity contribution in [3.8, 4) is 11.3 Å². The molecule has 2 rings (SSSR count). The zero-order valence-electron chi connectivity index (χ0n) is 9.34. The fourth-order valence-corrected chi connectivity index (χ4v) is 1.57. The van der Waals surface area contributed by atoms with Gasteiger partial charge in [-0.2, -0.15) is 0 Å². The highest BCUT2D eigenvalue weighted by Crippen LogP contribution is 2.18. The van der Waals surface area contributed by atoms with Crippen LogP contribution in [0, 0.1) is 0 Å². The minimum atomic E-state index is -1.06. The largest absolute Gasteiger partial charge is 0.465 e. The number of rotatable bonds is 3. The molecule has 88 valence electrons. The summed E-state index contributed by atoms with van der Waals surface area (Å²) in [4.78, 5) is 17.8. The van der Waals surface area contributed by atoms with Crippen LogP contribution in [-0.4, -0.2) is 21.2 Å². The number of amides is 1. The number of hydrogen-bond acceptors (Lipinski definition) is 2. The summed E-state index contributed by atoms with van der Waals surface area (Å²) in [6, 6.07) is 9.39. The van der Waals surface area contributed by atoms with Crippen LogP contribution in [0.3, 0.4) is 0 Å². The molecule has 0 spiro atoms. The molecule has 0 saturated heterocycles. The first-order valence-electron chi connectivity index (χ1n) is 5.26. The average molecular weight is 231 g/mol. The molecular formula is C12H13N3O2. The zero-order valence-corrected chi connectivity index (χ0v) is 9.34. The van der Waals surface area contributed by atoms with Gasteiger partial charge in [-0.25, -0.2) is 9.78 Å². The molecule has 0 radical (unpaired) electrons. The number of aromatic nitrogens is 2. The maximum absolute atomic E-state index is 10.5. The van der Waals surface area contributed by atoms with Gasteiger partial charge in [-0.3, -0.25) is 0 Å². The minimum absolute atomic E-state index is 0.357. The van der Waals surface area contributed by atoms with E-state index in [0.717, 1.165) is 11.3 Å². The fourth-order valence-electron chi connectivity index (χ4n) is 1.57. The van der Waals surface area contributed by atoms with Gasteiger partial charge in [-0.1, -0.05) is 30.3 Å². The lowest BCUT2D eigenvalue weighted by Crippen LogP contribution is -2.25. The van der Waals surface area contributed by atoms with Gasteiger partial charge in [0.2, 0.25) is 0 Å². The number of hydrogen-bond donors (Lipinski definition) is 3. The number of nitrogens with one attached hydrogen (secondary N) is 2. The van der Waals surface area contributed by atoms with Crippen LogP contribution in [0.15, 0.2) is 36.5 Å². The van der Waals surface area contributed by atoms with E-state index in [-0.39, 0.29) is 6.04 Å². The molecule has 3 N–H and O–H groups in total. The Balaban J connectivity index is 2.19. The van der Waals surface area contributed by atoms with E-state index >= 15 is 0 Å². The van der Waals surface area contributed by atoms with Crippen LogP contribution in [0.2, 0.25) is 0 Å². The summed E-state index contributed by atoms with van der Waals surface area (Å²) in [5.41, 5.74) is 1.90. The molecule has 0 aliphatic carbocycles. The monoisotopic (exact) mass is 231 g/mol. The van der Waals surface area contributed by atoms with Crippen LogP contribution in [0.5, 0.6) is 0 Å². The highest BCUT2D eigenvalue weighted by atomic mass is 16.4. The first kappa shape index (κ1) is 11.2. The summed E-state index contributed by atoms with van der Waals surface area (Å²) in [6.45, 7) is 1.74. The van der Waals surface area contributed by atoms with Crippen molar-refractivity contribution in [3.05, 3.63) is 42.4 Å². The maximum Gasteiger partial charge on any atom is 0.405 e.